The Morgan fingerprint density at radius 1 is 1.59 bits per heavy atom. The van der Waals surface area contributed by atoms with Gasteiger partial charge in [0.25, 0.3) is 5.91 Å². The van der Waals surface area contributed by atoms with Crippen LogP contribution in [-0.2, 0) is 6.54 Å². The number of aliphatic hydroxyl groups is 1. The molecular formula is C12H17BrN2O2. The zero-order valence-electron chi connectivity index (χ0n) is 9.90. The van der Waals surface area contributed by atoms with Gasteiger partial charge < -0.3 is 14.6 Å². The molecule has 0 aliphatic carbocycles. The average Bonchev–Trinajstić information content (AvgIpc) is 2.58. The highest BCUT2D eigenvalue weighted by Gasteiger charge is 2.31. The first-order valence-electron chi connectivity index (χ1n) is 5.91. The molecular weight excluding hydrogens is 284 g/mol. The van der Waals surface area contributed by atoms with Crippen molar-refractivity contribution in [1.29, 1.82) is 0 Å². The number of hydrogen-bond donors (Lipinski definition) is 1. The van der Waals surface area contributed by atoms with E-state index in [0.717, 1.165) is 23.1 Å². The molecule has 1 saturated heterocycles. The van der Waals surface area contributed by atoms with Gasteiger partial charge in [-0.05, 0) is 28.4 Å². The molecule has 0 radical (unpaired) electrons. The van der Waals surface area contributed by atoms with Crippen LogP contribution >= 0.6 is 15.9 Å². The second-order valence-corrected chi connectivity index (χ2v) is 5.41. The second kappa shape index (κ2) is 5.23. The van der Waals surface area contributed by atoms with Gasteiger partial charge in [0.1, 0.15) is 5.69 Å². The molecule has 0 aromatic carbocycles. The topological polar surface area (TPSA) is 45.5 Å². The zero-order valence-corrected chi connectivity index (χ0v) is 11.5. The summed E-state index contributed by atoms with van der Waals surface area (Å²) in [5, 5.41) is 8.95. The quantitative estimate of drug-likeness (QED) is 0.920. The average molecular weight is 301 g/mol. The Labute approximate surface area is 109 Å². The van der Waals surface area contributed by atoms with Gasteiger partial charge in [-0.25, -0.2) is 0 Å². The first kappa shape index (κ1) is 12.6. The fourth-order valence-electron chi connectivity index (χ4n) is 2.09. The fraction of sp³-hybridized carbons (Fsp3) is 0.583. The SMILES string of the molecule is CCCn1cc(Br)cc1C(=O)N1CC(CO)C1. The lowest BCUT2D eigenvalue weighted by molar-refractivity contribution is 0.0352. The molecule has 0 atom stereocenters. The van der Waals surface area contributed by atoms with Gasteiger partial charge in [-0.2, -0.15) is 0 Å². The Balaban J connectivity index is 2.08. The summed E-state index contributed by atoms with van der Waals surface area (Å²) >= 11 is 3.40. The van der Waals surface area contributed by atoms with Gasteiger partial charge >= 0.3 is 0 Å². The molecule has 1 aromatic rings. The van der Waals surface area contributed by atoms with Crippen LogP contribution in [-0.4, -0.2) is 40.2 Å². The number of carbonyl (C=O) groups is 1. The van der Waals surface area contributed by atoms with Gasteiger partial charge in [0, 0.05) is 42.8 Å². The molecule has 1 aliphatic heterocycles. The van der Waals surface area contributed by atoms with Crippen LogP contribution in [0.3, 0.4) is 0 Å². The van der Waals surface area contributed by atoms with Crippen LogP contribution in [0.2, 0.25) is 0 Å². The van der Waals surface area contributed by atoms with Gasteiger partial charge in [-0.15, -0.1) is 0 Å². The molecule has 1 fully saturated rings. The van der Waals surface area contributed by atoms with E-state index in [1.807, 2.05) is 16.8 Å². The minimum Gasteiger partial charge on any atom is -0.396 e. The lowest BCUT2D eigenvalue weighted by Crippen LogP contribution is -2.51. The summed E-state index contributed by atoms with van der Waals surface area (Å²) in [7, 11) is 0. The molecule has 0 unspecified atom stereocenters. The number of aryl methyl sites for hydroxylation is 1. The van der Waals surface area contributed by atoms with Crippen LogP contribution in [0.15, 0.2) is 16.7 Å². The Bertz CT molecular complexity index is 411. The Morgan fingerprint density at radius 3 is 2.88 bits per heavy atom. The number of amides is 1. The van der Waals surface area contributed by atoms with Crippen molar-refractivity contribution in [3.05, 3.63) is 22.4 Å². The van der Waals surface area contributed by atoms with Crippen LogP contribution in [0, 0.1) is 5.92 Å². The molecule has 2 heterocycles. The fourth-order valence-corrected chi connectivity index (χ4v) is 2.56. The van der Waals surface area contributed by atoms with Gasteiger partial charge in [0.15, 0.2) is 0 Å². The zero-order chi connectivity index (χ0) is 12.4. The molecule has 0 spiro atoms. The molecule has 4 nitrogen and oxygen atoms in total. The number of nitrogens with zero attached hydrogens (tertiary/aromatic N) is 2. The van der Waals surface area contributed by atoms with E-state index < -0.39 is 0 Å². The van der Waals surface area contributed by atoms with Crippen molar-refractivity contribution in [2.45, 2.75) is 19.9 Å². The van der Waals surface area contributed by atoms with Crippen molar-refractivity contribution in [2.24, 2.45) is 5.92 Å². The van der Waals surface area contributed by atoms with Crippen molar-refractivity contribution in [2.75, 3.05) is 19.7 Å². The van der Waals surface area contributed by atoms with Gasteiger partial charge in [0.05, 0.1) is 0 Å². The maximum Gasteiger partial charge on any atom is 0.270 e. The lowest BCUT2D eigenvalue weighted by Gasteiger charge is -2.38. The molecule has 1 amide bonds. The third kappa shape index (κ3) is 2.55. The predicted molar refractivity (Wildman–Crippen MR) is 68.9 cm³/mol. The second-order valence-electron chi connectivity index (χ2n) is 4.50. The van der Waals surface area contributed by atoms with Gasteiger partial charge in [-0.1, -0.05) is 6.92 Å². The predicted octanol–water partition coefficient (Wildman–Crippen LogP) is 1.72. The van der Waals surface area contributed by atoms with Crippen LogP contribution in [0.1, 0.15) is 23.8 Å². The number of aromatic nitrogens is 1. The van der Waals surface area contributed by atoms with Gasteiger partial charge in [-0.3, -0.25) is 4.79 Å². The smallest absolute Gasteiger partial charge is 0.270 e. The molecule has 2 rings (SSSR count). The highest BCUT2D eigenvalue weighted by Crippen LogP contribution is 2.22. The summed E-state index contributed by atoms with van der Waals surface area (Å²) in [5.41, 5.74) is 0.732. The van der Waals surface area contributed by atoms with Crippen molar-refractivity contribution in [3.63, 3.8) is 0 Å². The van der Waals surface area contributed by atoms with Gasteiger partial charge in [0.2, 0.25) is 0 Å². The van der Waals surface area contributed by atoms with Crippen molar-refractivity contribution >= 4 is 21.8 Å². The number of likely N-dealkylation sites (tertiary alicyclic amines) is 1. The molecule has 0 bridgehead atoms. The van der Waals surface area contributed by atoms with E-state index in [9.17, 15) is 4.79 Å². The van der Waals surface area contributed by atoms with E-state index in [-0.39, 0.29) is 18.4 Å². The summed E-state index contributed by atoms with van der Waals surface area (Å²) in [5.74, 6) is 0.325. The number of halogens is 1. The molecule has 1 N–H and O–H groups in total. The third-order valence-electron chi connectivity index (χ3n) is 3.05. The Kier molecular flexibility index (Phi) is 3.89. The van der Waals surface area contributed by atoms with E-state index in [2.05, 4.69) is 22.9 Å². The molecule has 0 saturated carbocycles. The summed E-state index contributed by atoms with van der Waals surface area (Å²) in [4.78, 5) is 14.0. The Hall–Kier alpha value is -0.810. The standard InChI is InChI=1S/C12H17BrN2O2/c1-2-3-14-7-10(13)4-11(14)12(17)15-5-9(6-15)8-16/h4,7,9,16H,2-3,5-6,8H2,1H3. The number of rotatable bonds is 4. The van der Waals surface area contributed by atoms with Crippen LogP contribution in [0.4, 0.5) is 0 Å². The van der Waals surface area contributed by atoms with Crippen LogP contribution in [0.5, 0.6) is 0 Å². The maximum absolute atomic E-state index is 12.2. The third-order valence-corrected chi connectivity index (χ3v) is 3.48. The molecule has 94 valence electrons. The van der Waals surface area contributed by atoms with E-state index in [1.54, 1.807) is 4.90 Å². The van der Waals surface area contributed by atoms with Crippen LogP contribution < -0.4 is 0 Å². The first-order valence-corrected chi connectivity index (χ1v) is 6.70. The van der Waals surface area contributed by atoms with E-state index in [1.165, 1.54) is 0 Å². The lowest BCUT2D eigenvalue weighted by atomic mass is 10.0. The molecule has 1 aromatic heterocycles. The minimum absolute atomic E-state index is 0.0638. The summed E-state index contributed by atoms with van der Waals surface area (Å²) < 4.78 is 2.92. The summed E-state index contributed by atoms with van der Waals surface area (Å²) in [6.45, 7) is 4.45. The minimum atomic E-state index is 0.0638. The molecule has 17 heavy (non-hydrogen) atoms. The van der Waals surface area contributed by atoms with Crippen molar-refractivity contribution in [1.82, 2.24) is 9.47 Å². The Morgan fingerprint density at radius 2 is 2.29 bits per heavy atom. The monoisotopic (exact) mass is 300 g/mol. The summed E-state index contributed by atoms with van der Waals surface area (Å²) in [6, 6.07) is 1.87. The first-order chi connectivity index (χ1) is 8.15. The van der Waals surface area contributed by atoms with Crippen molar-refractivity contribution in [3.8, 4) is 0 Å². The van der Waals surface area contributed by atoms with E-state index in [0.29, 0.717) is 13.1 Å². The maximum atomic E-state index is 12.2. The van der Waals surface area contributed by atoms with Crippen molar-refractivity contribution < 1.29 is 9.90 Å². The summed E-state index contributed by atoms with van der Waals surface area (Å²) in [6.07, 6.45) is 2.95. The number of aliphatic hydroxyl groups excluding tert-OH is 1. The largest absolute Gasteiger partial charge is 0.396 e. The molecule has 1 aliphatic rings. The van der Waals surface area contributed by atoms with Crippen LogP contribution in [0.25, 0.3) is 0 Å². The van der Waals surface area contributed by atoms with E-state index in [4.69, 9.17) is 5.11 Å². The molecule has 5 heteroatoms. The normalized spacial score (nSPS) is 16.1. The van der Waals surface area contributed by atoms with E-state index >= 15 is 0 Å². The number of hydrogen-bond acceptors (Lipinski definition) is 2. The highest BCUT2D eigenvalue weighted by atomic mass is 79.9. The highest BCUT2D eigenvalue weighted by molar-refractivity contribution is 9.10. The number of carbonyl (C=O) groups excluding carboxylic acids is 1.